The molecule has 6 heteroatoms. The van der Waals surface area contributed by atoms with E-state index in [1.165, 1.54) is 23.4 Å². The standard InChI is InChI=1S/C18H21FN2O2S/c1-14-2-6-17(7-3-14)21-11-10-15(13-21)12-20-24(22,23)18-8-4-16(19)5-9-18/h2-9,15,20H,10-13H2,1H3. The molecule has 0 amide bonds. The first-order valence-electron chi connectivity index (χ1n) is 8.01. The van der Waals surface area contributed by atoms with Crippen LogP contribution in [0.1, 0.15) is 12.0 Å². The quantitative estimate of drug-likeness (QED) is 0.904. The lowest BCUT2D eigenvalue weighted by Gasteiger charge is -2.19. The first-order valence-corrected chi connectivity index (χ1v) is 9.49. The van der Waals surface area contributed by atoms with Gasteiger partial charge in [-0.3, -0.25) is 0 Å². The molecule has 1 atom stereocenters. The van der Waals surface area contributed by atoms with Crippen molar-refractivity contribution in [3.8, 4) is 0 Å². The highest BCUT2D eigenvalue weighted by Gasteiger charge is 2.24. The van der Waals surface area contributed by atoms with Gasteiger partial charge in [0, 0.05) is 25.3 Å². The summed E-state index contributed by atoms with van der Waals surface area (Å²) in [4.78, 5) is 2.37. The predicted molar refractivity (Wildman–Crippen MR) is 93.1 cm³/mol. The van der Waals surface area contributed by atoms with Crippen LogP contribution < -0.4 is 9.62 Å². The first-order chi connectivity index (χ1) is 11.4. The topological polar surface area (TPSA) is 49.4 Å². The average molecular weight is 348 g/mol. The van der Waals surface area contributed by atoms with E-state index in [1.807, 2.05) is 0 Å². The molecule has 3 rings (SSSR count). The molecule has 0 spiro atoms. The van der Waals surface area contributed by atoms with E-state index in [0.29, 0.717) is 6.54 Å². The molecular formula is C18H21FN2O2S. The maximum atomic E-state index is 12.9. The largest absolute Gasteiger partial charge is 0.371 e. The summed E-state index contributed by atoms with van der Waals surface area (Å²) in [6, 6.07) is 13.2. The minimum atomic E-state index is -3.59. The molecule has 1 fully saturated rings. The normalized spacial score (nSPS) is 18.1. The van der Waals surface area contributed by atoms with Gasteiger partial charge in [0.25, 0.3) is 0 Å². The van der Waals surface area contributed by atoms with Gasteiger partial charge in [-0.25, -0.2) is 17.5 Å². The molecule has 1 aliphatic rings. The smallest absolute Gasteiger partial charge is 0.240 e. The van der Waals surface area contributed by atoms with Gasteiger partial charge in [-0.05, 0) is 55.7 Å². The van der Waals surface area contributed by atoms with Crippen LogP contribution in [0.5, 0.6) is 0 Å². The number of nitrogens with one attached hydrogen (secondary N) is 1. The Hall–Kier alpha value is -1.92. The van der Waals surface area contributed by atoms with Crippen molar-refractivity contribution >= 4 is 15.7 Å². The van der Waals surface area contributed by atoms with E-state index in [2.05, 4.69) is 40.8 Å². The molecule has 128 valence electrons. The van der Waals surface area contributed by atoms with Crippen molar-refractivity contribution < 1.29 is 12.8 Å². The SMILES string of the molecule is Cc1ccc(N2CCC(CNS(=O)(=O)c3ccc(F)cc3)C2)cc1. The van der Waals surface area contributed by atoms with Gasteiger partial charge in [-0.1, -0.05) is 17.7 Å². The molecule has 1 N–H and O–H groups in total. The van der Waals surface area contributed by atoms with Crippen LogP contribution in [-0.4, -0.2) is 28.1 Å². The summed E-state index contributed by atoms with van der Waals surface area (Å²) in [5.41, 5.74) is 2.39. The van der Waals surface area contributed by atoms with Gasteiger partial charge in [0.05, 0.1) is 4.90 Å². The molecule has 0 aromatic heterocycles. The monoisotopic (exact) mass is 348 g/mol. The Labute approximate surface area is 142 Å². The van der Waals surface area contributed by atoms with Crippen LogP contribution in [-0.2, 0) is 10.0 Å². The maximum Gasteiger partial charge on any atom is 0.240 e. The van der Waals surface area contributed by atoms with Gasteiger partial charge in [0.1, 0.15) is 5.82 Å². The number of benzene rings is 2. The number of anilines is 1. The minimum Gasteiger partial charge on any atom is -0.371 e. The third-order valence-corrected chi connectivity index (χ3v) is 5.81. The second-order valence-corrected chi connectivity index (χ2v) is 8.01. The molecular weight excluding hydrogens is 327 g/mol. The van der Waals surface area contributed by atoms with Crippen molar-refractivity contribution in [2.75, 3.05) is 24.5 Å². The molecule has 1 unspecified atom stereocenters. The van der Waals surface area contributed by atoms with Crippen LogP contribution >= 0.6 is 0 Å². The van der Waals surface area contributed by atoms with Crippen LogP contribution in [0.25, 0.3) is 0 Å². The number of hydrogen-bond acceptors (Lipinski definition) is 3. The summed E-state index contributed by atoms with van der Waals surface area (Å²) in [5.74, 6) is -0.181. The van der Waals surface area contributed by atoms with Gasteiger partial charge in [-0.2, -0.15) is 0 Å². The van der Waals surface area contributed by atoms with Crippen LogP contribution in [0.4, 0.5) is 10.1 Å². The van der Waals surface area contributed by atoms with Crippen molar-refractivity contribution in [1.29, 1.82) is 0 Å². The van der Waals surface area contributed by atoms with Crippen molar-refractivity contribution in [1.82, 2.24) is 4.72 Å². The Morgan fingerprint density at radius 3 is 2.46 bits per heavy atom. The summed E-state index contributed by atoms with van der Waals surface area (Å²) < 4.78 is 40.0. The first kappa shape index (κ1) is 16.9. The lowest BCUT2D eigenvalue weighted by atomic mass is 10.1. The molecule has 1 aliphatic heterocycles. The molecule has 2 aromatic carbocycles. The van der Waals surface area contributed by atoms with E-state index in [1.54, 1.807) is 0 Å². The predicted octanol–water partition coefficient (Wildman–Crippen LogP) is 2.94. The number of rotatable bonds is 5. The number of sulfonamides is 1. The van der Waals surface area contributed by atoms with Crippen LogP contribution in [0, 0.1) is 18.7 Å². The molecule has 4 nitrogen and oxygen atoms in total. The summed E-state index contributed by atoms with van der Waals surface area (Å²) in [5, 5.41) is 0. The zero-order chi connectivity index (χ0) is 17.2. The zero-order valence-corrected chi connectivity index (χ0v) is 14.4. The van der Waals surface area contributed by atoms with E-state index < -0.39 is 15.8 Å². The Bertz CT molecular complexity index is 789. The van der Waals surface area contributed by atoms with E-state index in [-0.39, 0.29) is 10.8 Å². The highest BCUT2D eigenvalue weighted by Crippen LogP contribution is 2.24. The fourth-order valence-electron chi connectivity index (χ4n) is 2.91. The van der Waals surface area contributed by atoms with Gasteiger partial charge in [-0.15, -0.1) is 0 Å². The van der Waals surface area contributed by atoms with E-state index in [4.69, 9.17) is 0 Å². The fourth-order valence-corrected chi connectivity index (χ4v) is 4.03. The molecule has 2 aromatic rings. The molecule has 0 saturated carbocycles. The zero-order valence-electron chi connectivity index (χ0n) is 13.6. The maximum absolute atomic E-state index is 12.9. The molecule has 1 saturated heterocycles. The highest BCUT2D eigenvalue weighted by atomic mass is 32.2. The summed E-state index contributed by atoms with van der Waals surface area (Å²) in [7, 11) is -3.59. The van der Waals surface area contributed by atoms with Crippen molar-refractivity contribution in [3.05, 3.63) is 59.9 Å². The Morgan fingerprint density at radius 2 is 1.79 bits per heavy atom. The van der Waals surface area contributed by atoms with Gasteiger partial charge >= 0.3 is 0 Å². The van der Waals surface area contributed by atoms with Crippen molar-refractivity contribution in [3.63, 3.8) is 0 Å². The van der Waals surface area contributed by atoms with Crippen LogP contribution in [0.15, 0.2) is 53.4 Å². The molecule has 0 radical (unpaired) electrons. The summed E-state index contributed by atoms with van der Waals surface area (Å²) >= 11 is 0. The van der Waals surface area contributed by atoms with Crippen LogP contribution in [0.3, 0.4) is 0 Å². The minimum absolute atomic E-state index is 0.0947. The number of aryl methyl sites for hydroxylation is 1. The second kappa shape index (κ2) is 6.91. The van der Waals surface area contributed by atoms with Gasteiger partial charge in [0.2, 0.25) is 10.0 Å². The highest BCUT2D eigenvalue weighted by molar-refractivity contribution is 7.89. The third-order valence-electron chi connectivity index (χ3n) is 4.37. The van der Waals surface area contributed by atoms with Gasteiger partial charge < -0.3 is 4.90 Å². The Morgan fingerprint density at radius 1 is 1.12 bits per heavy atom. The van der Waals surface area contributed by atoms with E-state index in [9.17, 15) is 12.8 Å². The van der Waals surface area contributed by atoms with E-state index in [0.717, 1.165) is 31.6 Å². The number of halogens is 1. The Kier molecular flexibility index (Phi) is 4.87. The van der Waals surface area contributed by atoms with Gasteiger partial charge in [0.15, 0.2) is 0 Å². The fraction of sp³-hybridized carbons (Fsp3) is 0.333. The summed E-state index contributed by atoms with van der Waals surface area (Å²) in [6.45, 7) is 4.20. The lowest BCUT2D eigenvalue weighted by Crippen LogP contribution is -2.31. The van der Waals surface area contributed by atoms with Crippen LogP contribution in [0.2, 0.25) is 0 Å². The van der Waals surface area contributed by atoms with Crippen molar-refractivity contribution in [2.24, 2.45) is 5.92 Å². The van der Waals surface area contributed by atoms with E-state index >= 15 is 0 Å². The number of nitrogens with zero attached hydrogens (tertiary/aromatic N) is 1. The number of hydrogen-bond donors (Lipinski definition) is 1. The van der Waals surface area contributed by atoms with Crippen molar-refractivity contribution in [2.45, 2.75) is 18.2 Å². The molecule has 0 bridgehead atoms. The second-order valence-electron chi connectivity index (χ2n) is 6.24. The molecule has 24 heavy (non-hydrogen) atoms. The molecule has 0 aliphatic carbocycles. The third kappa shape index (κ3) is 3.94. The average Bonchev–Trinajstić information content (AvgIpc) is 3.03. The lowest BCUT2D eigenvalue weighted by molar-refractivity contribution is 0.541. The molecule has 1 heterocycles. The Balaban J connectivity index is 1.57. The summed E-state index contributed by atoms with van der Waals surface area (Å²) in [6.07, 6.45) is 0.944.